The van der Waals surface area contributed by atoms with Crippen molar-refractivity contribution < 1.29 is 9.59 Å². The van der Waals surface area contributed by atoms with Gasteiger partial charge < -0.3 is 10.6 Å². The van der Waals surface area contributed by atoms with Crippen molar-refractivity contribution in [3.05, 3.63) is 29.8 Å². The smallest absolute Gasteiger partial charge is 0.238 e. The van der Waals surface area contributed by atoms with Crippen molar-refractivity contribution in [2.45, 2.75) is 38.6 Å². The number of Topliss-reactive ketones (excluding diaryl/α,β-unsaturated/α-hetero) is 1. The highest BCUT2D eigenvalue weighted by Crippen LogP contribution is 2.25. The van der Waals surface area contributed by atoms with Gasteiger partial charge in [-0.25, -0.2) is 0 Å². The van der Waals surface area contributed by atoms with E-state index in [1.54, 1.807) is 12.1 Å². The van der Waals surface area contributed by atoms with Crippen LogP contribution in [0.15, 0.2) is 24.3 Å². The molecule has 0 radical (unpaired) electrons. The first-order chi connectivity index (χ1) is 11.6. The molecule has 2 aliphatic rings. The Bertz CT molecular complexity index is 588. The number of nitrogens with zero attached hydrogens (tertiary/aromatic N) is 1. The number of carbonyl (C=O) groups excluding carboxylic acids is 2. The molecular weight excluding hydrogens is 302 g/mol. The molecule has 0 aliphatic carbocycles. The quantitative estimate of drug-likeness (QED) is 0.814. The van der Waals surface area contributed by atoms with E-state index in [0.717, 1.165) is 38.4 Å². The molecule has 2 heterocycles. The lowest BCUT2D eigenvalue weighted by Crippen LogP contribution is -2.43. The molecule has 3 rings (SSSR count). The van der Waals surface area contributed by atoms with Crippen molar-refractivity contribution in [1.82, 2.24) is 10.2 Å². The molecule has 5 heteroatoms. The Balaban J connectivity index is 1.48. The lowest BCUT2D eigenvalue weighted by Gasteiger charge is -2.34. The highest BCUT2D eigenvalue weighted by Gasteiger charge is 2.28. The summed E-state index contributed by atoms with van der Waals surface area (Å²) in [6.07, 6.45) is 4.92. The maximum atomic E-state index is 12.3. The van der Waals surface area contributed by atoms with Crippen molar-refractivity contribution in [3.63, 3.8) is 0 Å². The van der Waals surface area contributed by atoms with Gasteiger partial charge in [0.1, 0.15) is 0 Å². The number of hydrogen-bond acceptors (Lipinski definition) is 4. The molecule has 2 aliphatic heterocycles. The minimum absolute atomic E-state index is 0.0317. The molecule has 0 bridgehead atoms. The summed E-state index contributed by atoms with van der Waals surface area (Å²) in [4.78, 5) is 26.2. The van der Waals surface area contributed by atoms with Gasteiger partial charge in [0.2, 0.25) is 5.91 Å². The van der Waals surface area contributed by atoms with E-state index in [2.05, 4.69) is 15.5 Å². The minimum atomic E-state index is -0.0406. The lowest BCUT2D eigenvalue weighted by atomic mass is 9.88. The second-order valence-electron chi connectivity index (χ2n) is 6.97. The molecule has 0 aromatic heterocycles. The van der Waals surface area contributed by atoms with Gasteiger partial charge in [0.15, 0.2) is 5.78 Å². The van der Waals surface area contributed by atoms with Crippen LogP contribution in [-0.2, 0) is 4.79 Å². The standard InChI is InChI=1S/C19H27N3O2/c1-14(23)16-5-2-3-6-18(16)21-19(24)13-22-11-8-15(9-12-22)17-7-4-10-20-17/h2-3,5-6,15,17,20H,4,7-13H2,1H3,(H,21,24). The molecule has 1 amide bonds. The third-order valence-electron chi connectivity index (χ3n) is 5.25. The molecule has 0 saturated carbocycles. The number of benzene rings is 1. The Morgan fingerprint density at radius 2 is 1.96 bits per heavy atom. The summed E-state index contributed by atoms with van der Waals surface area (Å²) in [5.74, 6) is 0.683. The van der Waals surface area contributed by atoms with Crippen molar-refractivity contribution in [1.29, 1.82) is 0 Å². The van der Waals surface area contributed by atoms with Crippen LogP contribution < -0.4 is 10.6 Å². The highest BCUT2D eigenvalue weighted by molar-refractivity contribution is 6.04. The molecule has 2 N–H and O–H groups in total. The average Bonchev–Trinajstić information content (AvgIpc) is 3.10. The van der Waals surface area contributed by atoms with E-state index in [1.807, 2.05) is 12.1 Å². The van der Waals surface area contributed by atoms with Crippen molar-refractivity contribution >= 4 is 17.4 Å². The second-order valence-corrected chi connectivity index (χ2v) is 6.97. The zero-order chi connectivity index (χ0) is 16.9. The number of rotatable bonds is 5. The first kappa shape index (κ1) is 17.1. The monoisotopic (exact) mass is 329 g/mol. The minimum Gasteiger partial charge on any atom is -0.324 e. The summed E-state index contributed by atoms with van der Waals surface area (Å²) in [5, 5.41) is 6.49. The van der Waals surface area contributed by atoms with Crippen molar-refractivity contribution in [3.8, 4) is 0 Å². The van der Waals surface area contributed by atoms with Gasteiger partial charge in [0.25, 0.3) is 0 Å². The molecule has 2 saturated heterocycles. The lowest BCUT2D eigenvalue weighted by molar-refractivity contribution is -0.117. The van der Waals surface area contributed by atoms with Gasteiger partial charge in [-0.1, -0.05) is 12.1 Å². The van der Waals surface area contributed by atoms with Gasteiger partial charge in [0, 0.05) is 11.6 Å². The number of amides is 1. The predicted molar refractivity (Wildman–Crippen MR) is 95.3 cm³/mol. The van der Waals surface area contributed by atoms with Crippen LogP contribution in [0.25, 0.3) is 0 Å². The summed E-state index contributed by atoms with van der Waals surface area (Å²) in [5.41, 5.74) is 1.18. The molecule has 1 aromatic rings. The fourth-order valence-corrected chi connectivity index (χ4v) is 3.92. The first-order valence-electron chi connectivity index (χ1n) is 8.99. The maximum Gasteiger partial charge on any atom is 0.238 e. The Morgan fingerprint density at radius 1 is 1.21 bits per heavy atom. The second kappa shape index (κ2) is 7.90. The molecule has 0 spiro atoms. The maximum absolute atomic E-state index is 12.3. The summed E-state index contributed by atoms with van der Waals surface area (Å²) in [6, 6.07) is 7.87. The van der Waals surface area contributed by atoms with Crippen LogP contribution in [-0.4, -0.2) is 48.8 Å². The summed E-state index contributed by atoms with van der Waals surface area (Å²) in [6.45, 7) is 5.03. The van der Waals surface area contributed by atoms with Crippen LogP contribution in [0.3, 0.4) is 0 Å². The van der Waals surface area contributed by atoms with Crippen LogP contribution in [0.1, 0.15) is 43.0 Å². The summed E-state index contributed by atoms with van der Waals surface area (Å²) in [7, 11) is 0. The highest BCUT2D eigenvalue weighted by atomic mass is 16.2. The van der Waals surface area contributed by atoms with Crippen LogP contribution >= 0.6 is 0 Å². The molecule has 2 fully saturated rings. The summed E-state index contributed by atoms with van der Waals surface area (Å²) < 4.78 is 0. The molecule has 130 valence electrons. The van der Waals surface area contributed by atoms with E-state index in [-0.39, 0.29) is 11.7 Å². The Labute approximate surface area is 143 Å². The fourth-order valence-electron chi connectivity index (χ4n) is 3.92. The van der Waals surface area contributed by atoms with Gasteiger partial charge in [-0.2, -0.15) is 0 Å². The topological polar surface area (TPSA) is 61.4 Å². The largest absolute Gasteiger partial charge is 0.324 e. The van der Waals surface area contributed by atoms with E-state index in [4.69, 9.17) is 0 Å². The summed E-state index contributed by atoms with van der Waals surface area (Å²) >= 11 is 0. The van der Waals surface area contributed by atoms with E-state index >= 15 is 0 Å². The number of piperidine rings is 1. The molecule has 1 unspecified atom stereocenters. The number of para-hydroxylation sites is 1. The Morgan fingerprint density at radius 3 is 2.62 bits per heavy atom. The van der Waals surface area contributed by atoms with E-state index in [9.17, 15) is 9.59 Å². The van der Waals surface area contributed by atoms with E-state index < -0.39 is 0 Å². The third-order valence-corrected chi connectivity index (χ3v) is 5.25. The van der Waals surface area contributed by atoms with Gasteiger partial charge >= 0.3 is 0 Å². The normalized spacial score (nSPS) is 22.5. The molecule has 5 nitrogen and oxygen atoms in total. The van der Waals surface area contributed by atoms with Crippen LogP contribution in [0.2, 0.25) is 0 Å². The Hall–Kier alpha value is -1.72. The fraction of sp³-hybridized carbons (Fsp3) is 0.579. The molecule has 24 heavy (non-hydrogen) atoms. The number of likely N-dealkylation sites (tertiary alicyclic amines) is 1. The van der Waals surface area contributed by atoms with Crippen molar-refractivity contribution in [2.75, 3.05) is 31.5 Å². The van der Waals surface area contributed by atoms with Gasteiger partial charge in [0.05, 0.1) is 12.2 Å². The average molecular weight is 329 g/mol. The number of ketones is 1. The van der Waals surface area contributed by atoms with Gasteiger partial charge in [-0.15, -0.1) is 0 Å². The molecular formula is C19H27N3O2. The number of nitrogens with one attached hydrogen (secondary N) is 2. The SMILES string of the molecule is CC(=O)c1ccccc1NC(=O)CN1CCC(C2CCCN2)CC1. The van der Waals surface area contributed by atoms with E-state index in [0.29, 0.717) is 23.8 Å². The van der Waals surface area contributed by atoms with E-state index in [1.165, 1.54) is 19.8 Å². The van der Waals surface area contributed by atoms with Crippen molar-refractivity contribution in [2.24, 2.45) is 5.92 Å². The number of anilines is 1. The van der Waals surface area contributed by atoms with Crippen LogP contribution in [0.4, 0.5) is 5.69 Å². The van der Waals surface area contributed by atoms with Crippen LogP contribution in [0, 0.1) is 5.92 Å². The number of hydrogen-bond donors (Lipinski definition) is 2. The molecule has 1 atom stereocenters. The van der Waals surface area contributed by atoms with Gasteiger partial charge in [-0.3, -0.25) is 14.5 Å². The number of carbonyl (C=O) groups is 2. The third kappa shape index (κ3) is 4.22. The van der Waals surface area contributed by atoms with Gasteiger partial charge in [-0.05, 0) is 70.3 Å². The molecule has 1 aromatic carbocycles. The zero-order valence-corrected chi connectivity index (χ0v) is 14.4. The Kier molecular flexibility index (Phi) is 5.63. The first-order valence-corrected chi connectivity index (χ1v) is 8.99. The predicted octanol–water partition coefficient (Wildman–Crippen LogP) is 2.29. The zero-order valence-electron chi connectivity index (χ0n) is 14.4. The van der Waals surface area contributed by atoms with Crippen LogP contribution in [0.5, 0.6) is 0 Å².